The van der Waals surface area contributed by atoms with Gasteiger partial charge in [-0.15, -0.1) is 5.10 Å². The van der Waals surface area contributed by atoms with Crippen LogP contribution in [0, 0.1) is 6.92 Å². The lowest BCUT2D eigenvalue weighted by atomic mass is 10.2. The molecule has 0 atom stereocenters. The molecular formula is C13H19N3Si. The van der Waals surface area contributed by atoms with Crippen LogP contribution in [0.15, 0.2) is 30.3 Å². The Morgan fingerprint density at radius 3 is 2.29 bits per heavy atom. The van der Waals surface area contributed by atoms with Crippen LogP contribution in [-0.2, 0) is 6.54 Å². The first-order valence-electron chi connectivity index (χ1n) is 5.93. The normalized spacial score (nSPS) is 11.8. The van der Waals surface area contributed by atoms with Crippen LogP contribution >= 0.6 is 0 Å². The fraction of sp³-hybridized carbons (Fsp3) is 0.385. The summed E-state index contributed by atoms with van der Waals surface area (Å²) in [5, 5.41) is 9.85. The van der Waals surface area contributed by atoms with E-state index >= 15 is 0 Å². The van der Waals surface area contributed by atoms with Gasteiger partial charge >= 0.3 is 0 Å². The van der Waals surface area contributed by atoms with Crippen molar-refractivity contribution < 1.29 is 0 Å². The molecule has 4 heteroatoms. The number of hydrogen-bond acceptors (Lipinski definition) is 2. The minimum Gasteiger partial charge on any atom is -0.245 e. The molecule has 0 spiro atoms. The quantitative estimate of drug-likeness (QED) is 0.776. The first-order valence-corrected chi connectivity index (χ1v) is 9.43. The molecule has 0 aliphatic heterocycles. The molecule has 17 heavy (non-hydrogen) atoms. The van der Waals surface area contributed by atoms with Crippen LogP contribution in [0.1, 0.15) is 11.3 Å². The fourth-order valence-electron chi connectivity index (χ4n) is 1.96. The number of nitrogens with zero attached hydrogens (tertiary/aromatic N) is 3. The summed E-state index contributed by atoms with van der Waals surface area (Å²) >= 11 is 0. The second kappa shape index (κ2) is 4.45. The van der Waals surface area contributed by atoms with E-state index in [0.29, 0.717) is 0 Å². The molecule has 3 nitrogen and oxygen atoms in total. The maximum Gasteiger partial charge on any atom is 0.106 e. The van der Waals surface area contributed by atoms with E-state index in [2.05, 4.69) is 61.1 Å². The molecule has 90 valence electrons. The Morgan fingerprint density at radius 2 is 1.76 bits per heavy atom. The molecular weight excluding hydrogens is 226 g/mol. The molecule has 2 aromatic rings. The van der Waals surface area contributed by atoms with Gasteiger partial charge in [-0.05, 0) is 12.5 Å². The minimum atomic E-state index is -1.37. The summed E-state index contributed by atoms with van der Waals surface area (Å²) in [6, 6.07) is 10.4. The number of benzene rings is 1. The van der Waals surface area contributed by atoms with Gasteiger partial charge in [0.05, 0.1) is 17.6 Å². The largest absolute Gasteiger partial charge is 0.245 e. The Balaban J connectivity index is 2.27. The van der Waals surface area contributed by atoms with Gasteiger partial charge in [0.25, 0.3) is 0 Å². The van der Waals surface area contributed by atoms with Gasteiger partial charge in [0, 0.05) is 0 Å². The molecule has 0 N–H and O–H groups in total. The second-order valence-corrected chi connectivity index (χ2v) is 10.4. The highest BCUT2D eigenvalue weighted by atomic mass is 28.3. The van der Waals surface area contributed by atoms with Gasteiger partial charge in [0.15, 0.2) is 0 Å². The second-order valence-electron chi connectivity index (χ2n) is 5.42. The smallest absolute Gasteiger partial charge is 0.106 e. The molecule has 0 saturated heterocycles. The lowest BCUT2D eigenvalue weighted by molar-refractivity contribution is 0.633. The predicted octanol–water partition coefficient (Wildman–Crippen LogP) is 2.18. The van der Waals surface area contributed by atoms with Crippen LogP contribution in [0.5, 0.6) is 0 Å². The van der Waals surface area contributed by atoms with Crippen LogP contribution in [0.2, 0.25) is 19.6 Å². The number of hydrogen-bond donors (Lipinski definition) is 0. The molecule has 0 bridgehead atoms. The van der Waals surface area contributed by atoms with Crippen molar-refractivity contribution in [1.82, 2.24) is 15.0 Å². The molecule has 1 aromatic heterocycles. The lowest BCUT2D eigenvalue weighted by Crippen LogP contribution is -2.40. The maximum absolute atomic E-state index is 4.36. The van der Waals surface area contributed by atoms with E-state index in [1.807, 2.05) is 10.7 Å². The summed E-state index contributed by atoms with van der Waals surface area (Å²) in [4.78, 5) is 0. The molecule has 1 aromatic carbocycles. The van der Waals surface area contributed by atoms with Gasteiger partial charge in [-0.3, -0.25) is 0 Å². The molecule has 0 amide bonds. The van der Waals surface area contributed by atoms with E-state index in [9.17, 15) is 0 Å². The Labute approximate surface area is 103 Å². The first kappa shape index (κ1) is 12.0. The minimum absolute atomic E-state index is 0.810. The lowest BCUT2D eigenvalue weighted by Gasteiger charge is -2.13. The molecule has 0 saturated carbocycles. The van der Waals surface area contributed by atoms with Crippen molar-refractivity contribution in [2.24, 2.45) is 0 Å². The third-order valence-corrected chi connectivity index (χ3v) is 4.75. The van der Waals surface area contributed by atoms with Gasteiger partial charge in [-0.25, -0.2) is 4.68 Å². The summed E-state index contributed by atoms with van der Waals surface area (Å²) in [6.45, 7) is 9.84. The van der Waals surface area contributed by atoms with E-state index in [1.54, 1.807) is 0 Å². The Hall–Kier alpha value is -1.42. The number of rotatable bonds is 3. The van der Waals surface area contributed by atoms with Crippen molar-refractivity contribution in [2.45, 2.75) is 33.1 Å². The van der Waals surface area contributed by atoms with Gasteiger partial charge in [-0.1, -0.05) is 55.2 Å². The van der Waals surface area contributed by atoms with E-state index in [0.717, 1.165) is 6.54 Å². The van der Waals surface area contributed by atoms with Crippen LogP contribution in [0.4, 0.5) is 0 Å². The van der Waals surface area contributed by atoms with Crippen LogP contribution in [0.3, 0.4) is 0 Å². The Bertz CT molecular complexity index is 497. The predicted molar refractivity (Wildman–Crippen MR) is 73.3 cm³/mol. The molecule has 0 aliphatic rings. The zero-order chi connectivity index (χ0) is 12.5. The highest BCUT2D eigenvalue weighted by molar-refractivity contribution is 6.88. The average molecular weight is 245 g/mol. The standard InChI is InChI=1S/C13H19N3Si/c1-11-13(17(2,3)4)14-15-16(11)10-12-8-6-5-7-9-12/h5-9H,10H2,1-4H3. The van der Waals surface area contributed by atoms with Gasteiger partial charge in [0.1, 0.15) is 8.07 Å². The first-order chi connectivity index (χ1) is 7.98. The summed E-state index contributed by atoms with van der Waals surface area (Å²) in [7, 11) is -1.37. The molecule has 0 fully saturated rings. The summed E-state index contributed by atoms with van der Waals surface area (Å²) < 4.78 is 2.00. The summed E-state index contributed by atoms with van der Waals surface area (Å²) in [6.07, 6.45) is 0. The summed E-state index contributed by atoms with van der Waals surface area (Å²) in [5.41, 5.74) is 2.48. The molecule has 1 heterocycles. The van der Waals surface area contributed by atoms with Crippen molar-refractivity contribution >= 4 is 13.4 Å². The zero-order valence-corrected chi connectivity index (χ0v) is 11.9. The molecule has 0 aliphatic carbocycles. The molecule has 0 unspecified atom stereocenters. The monoisotopic (exact) mass is 245 g/mol. The van der Waals surface area contributed by atoms with Gasteiger partial charge < -0.3 is 0 Å². The molecule has 2 rings (SSSR count). The van der Waals surface area contributed by atoms with Crippen molar-refractivity contribution in [2.75, 3.05) is 0 Å². The highest BCUT2D eigenvalue weighted by Crippen LogP contribution is 2.07. The SMILES string of the molecule is Cc1c([Si](C)(C)C)nnn1Cc1ccccc1. The van der Waals surface area contributed by atoms with E-state index < -0.39 is 8.07 Å². The number of aromatic nitrogens is 3. The van der Waals surface area contributed by atoms with Crippen LogP contribution in [0.25, 0.3) is 0 Å². The maximum atomic E-state index is 4.36. The van der Waals surface area contributed by atoms with Crippen molar-refractivity contribution in [3.63, 3.8) is 0 Å². The highest BCUT2D eigenvalue weighted by Gasteiger charge is 2.24. The van der Waals surface area contributed by atoms with Gasteiger partial charge in [0.2, 0.25) is 0 Å². The van der Waals surface area contributed by atoms with Crippen LogP contribution < -0.4 is 5.32 Å². The van der Waals surface area contributed by atoms with E-state index in [1.165, 1.54) is 16.6 Å². The third kappa shape index (κ3) is 2.64. The molecule has 0 radical (unpaired) electrons. The Morgan fingerprint density at radius 1 is 1.12 bits per heavy atom. The van der Waals surface area contributed by atoms with Gasteiger partial charge in [-0.2, -0.15) is 0 Å². The van der Waals surface area contributed by atoms with Crippen LogP contribution in [-0.4, -0.2) is 23.1 Å². The fourth-order valence-corrected chi connectivity index (χ4v) is 3.52. The van der Waals surface area contributed by atoms with Crippen molar-refractivity contribution in [1.29, 1.82) is 0 Å². The topological polar surface area (TPSA) is 30.7 Å². The van der Waals surface area contributed by atoms with Crippen molar-refractivity contribution in [3.05, 3.63) is 41.6 Å². The Kier molecular flexibility index (Phi) is 3.15. The van der Waals surface area contributed by atoms with E-state index in [-0.39, 0.29) is 0 Å². The van der Waals surface area contributed by atoms with Crippen molar-refractivity contribution in [3.8, 4) is 0 Å². The van der Waals surface area contributed by atoms with E-state index in [4.69, 9.17) is 0 Å². The average Bonchev–Trinajstić information content (AvgIpc) is 2.61. The zero-order valence-electron chi connectivity index (χ0n) is 10.9. The third-order valence-electron chi connectivity index (χ3n) is 2.87. The summed E-state index contributed by atoms with van der Waals surface area (Å²) in [5.74, 6) is 0.